The maximum absolute atomic E-state index is 14.8. The first-order valence-corrected chi connectivity index (χ1v) is 11.9. The lowest BCUT2D eigenvalue weighted by atomic mass is 9.85. The van der Waals surface area contributed by atoms with Crippen molar-refractivity contribution in [1.82, 2.24) is 20.5 Å². The summed E-state index contributed by atoms with van der Waals surface area (Å²) in [4.78, 5) is 44.2. The van der Waals surface area contributed by atoms with Crippen LogP contribution in [-0.2, 0) is 20.9 Å². The molecule has 11 heteroatoms. The molecule has 3 rings (SSSR count). The minimum absolute atomic E-state index is 0. The summed E-state index contributed by atoms with van der Waals surface area (Å²) in [6, 6.07) is 5.12. The van der Waals surface area contributed by atoms with E-state index in [1.807, 2.05) is 31.2 Å². The molecule has 1 aromatic carbocycles. The predicted molar refractivity (Wildman–Crippen MR) is 138 cm³/mol. The van der Waals surface area contributed by atoms with E-state index < -0.39 is 47.5 Å². The van der Waals surface area contributed by atoms with Crippen LogP contribution in [0.4, 0.5) is 4.39 Å². The number of aliphatic hydroxyl groups is 1. The molecule has 3 amide bonds. The summed E-state index contributed by atoms with van der Waals surface area (Å²) in [7, 11) is 0. The topological polar surface area (TPSA) is 112 Å². The van der Waals surface area contributed by atoms with Crippen molar-refractivity contribution in [3.05, 3.63) is 41.0 Å². The normalized spacial score (nSPS) is 20.7. The summed E-state index contributed by atoms with van der Waals surface area (Å²) < 4.78 is 14.8. The van der Waals surface area contributed by atoms with E-state index in [4.69, 9.17) is 0 Å². The summed E-state index contributed by atoms with van der Waals surface area (Å²) in [5.74, 6) is -1.72. The van der Waals surface area contributed by atoms with Crippen molar-refractivity contribution in [3.63, 3.8) is 0 Å². The fraction of sp³-hybridized carbons (Fsp3) is 0.500. The maximum atomic E-state index is 14.8. The van der Waals surface area contributed by atoms with Crippen molar-refractivity contribution in [2.75, 3.05) is 6.54 Å². The first-order valence-electron chi connectivity index (χ1n) is 11.1. The van der Waals surface area contributed by atoms with E-state index in [0.29, 0.717) is 0 Å². The summed E-state index contributed by atoms with van der Waals surface area (Å²) in [5, 5.41) is 15.4. The van der Waals surface area contributed by atoms with Crippen molar-refractivity contribution >= 4 is 42.6 Å². The Morgan fingerprint density at radius 3 is 2.40 bits per heavy atom. The number of rotatable bonds is 6. The number of nitrogens with zero attached hydrogens (tertiary/aromatic N) is 2. The van der Waals surface area contributed by atoms with E-state index in [-0.39, 0.29) is 26.6 Å². The van der Waals surface area contributed by atoms with Gasteiger partial charge in [0.2, 0.25) is 17.7 Å². The van der Waals surface area contributed by atoms with Crippen LogP contribution >= 0.6 is 24.8 Å². The van der Waals surface area contributed by atoms with Crippen LogP contribution in [0.5, 0.6) is 0 Å². The quantitative estimate of drug-likeness (QED) is 0.537. The third kappa shape index (κ3) is 6.59. The Balaban J connectivity index is 0.00000432. The van der Waals surface area contributed by atoms with E-state index >= 15 is 0 Å². The number of aryl methyl sites for hydroxylation is 1. The first-order chi connectivity index (χ1) is 15.9. The summed E-state index contributed by atoms with van der Waals surface area (Å²) >= 11 is 1.54. The molecule has 192 valence electrons. The Hall–Kier alpha value is -2.50. The van der Waals surface area contributed by atoms with Crippen molar-refractivity contribution in [2.45, 2.75) is 65.5 Å². The molecule has 0 radical (unpaired) electrons. The number of halogens is 1. The highest BCUT2D eigenvalue weighted by Gasteiger charge is 2.50. The van der Waals surface area contributed by atoms with Crippen LogP contribution < -0.4 is 10.6 Å². The van der Waals surface area contributed by atoms with Gasteiger partial charge in [-0.15, -0.1) is 11.3 Å². The molecule has 1 aliphatic heterocycles. The fourth-order valence-corrected chi connectivity index (χ4v) is 4.79. The standard InChI is InChI=1S/C24H31FN4O4S.H2S/c1-13-20(34-12-27-13)16-8-6-15(7-9-16)10-26-22(32)19-18(25)17(31)11-29(19)23(33)21(24(3,4)5)28-14(2)30;/h6-9,12,17-19,21,31H,10-11H2,1-5H3,(H,26,32)(H,28,30);1H2/t17-,18+,19-,21+;/m0./s1. The number of hydrogen-bond acceptors (Lipinski definition) is 6. The summed E-state index contributed by atoms with van der Waals surface area (Å²) in [6.07, 6.45) is -3.42. The largest absolute Gasteiger partial charge is 0.388 e. The number of thiazole rings is 1. The van der Waals surface area contributed by atoms with Crippen LogP contribution in [0.25, 0.3) is 10.4 Å². The van der Waals surface area contributed by atoms with Crippen LogP contribution in [0, 0.1) is 12.3 Å². The highest BCUT2D eigenvalue weighted by molar-refractivity contribution is 7.59. The molecule has 1 fully saturated rings. The molecule has 35 heavy (non-hydrogen) atoms. The van der Waals surface area contributed by atoms with Gasteiger partial charge < -0.3 is 20.6 Å². The number of benzene rings is 1. The molecule has 1 saturated heterocycles. The molecule has 1 aromatic heterocycles. The van der Waals surface area contributed by atoms with Crippen LogP contribution in [0.2, 0.25) is 0 Å². The third-order valence-electron chi connectivity index (χ3n) is 5.83. The molecule has 0 bridgehead atoms. The molecule has 1 aliphatic rings. The maximum Gasteiger partial charge on any atom is 0.246 e. The Morgan fingerprint density at radius 1 is 1.26 bits per heavy atom. The predicted octanol–water partition coefficient (Wildman–Crippen LogP) is 2.31. The number of amides is 3. The zero-order valence-corrected chi connectivity index (χ0v) is 22.3. The molecular formula is C24H33FN4O4S2. The van der Waals surface area contributed by atoms with Gasteiger partial charge in [0.15, 0.2) is 6.17 Å². The second-order valence-corrected chi connectivity index (χ2v) is 10.5. The monoisotopic (exact) mass is 524 g/mol. The Bertz CT molecular complexity index is 1050. The Labute approximate surface area is 215 Å². The average molecular weight is 525 g/mol. The lowest BCUT2D eigenvalue weighted by Crippen LogP contribution is -2.58. The number of aromatic nitrogens is 1. The Morgan fingerprint density at radius 2 is 1.89 bits per heavy atom. The van der Waals surface area contributed by atoms with Crippen LogP contribution in [0.3, 0.4) is 0 Å². The minimum atomic E-state index is -1.93. The van der Waals surface area contributed by atoms with Crippen LogP contribution in [-0.4, -0.2) is 63.6 Å². The Kier molecular flexibility index (Phi) is 9.43. The highest BCUT2D eigenvalue weighted by Crippen LogP contribution is 2.29. The molecule has 0 saturated carbocycles. The van der Waals surface area contributed by atoms with Gasteiger partial charge in [-0.05, 0) is 23.5 Å². The van der Waals surface area contributed by atoms with Crippen LogP contribution in [0.15, 0.2) is 29.8 Å². The number of likely N-dealkylation sites (tertiary alicyclic amines) is 1. The number of aliphatic hydroxyl groups excluding tert-OH is 1. The molecule has 2 aromatic rings. The van der Waals surface area contributed by atoms with E-state index in [0.717, 1.165) is 26.6 Å². The fourth-order valence-electron chi connectivity index (χ4n) is 3.98. The zero-order valence-electron chi connectivity index (χ0n) is 20.5. The second-order valence-electron chi connectivity index (χ2n) is 9.63. The van der Waals surface area contributed by atoms with Gasteiger partial charge in [-0.3, -0.25) is 14.4 Å². The molecule has 0 unspecified atom stereocenters. The first kappa shape index (κ1) is 28.7. The molecule has 2 heterocycles. The van der Waals surface area contributed by atoms with Crippen molar-refractivity contribution in [1.29, 1.82) is 0 Å². The second kappa shape index (κ2) is 11.5. The van der Waals surface area contributed by atoms with E-state index in [2.05, 4.69) is 15.6 Å². The van der Waals surface area contributed by atoms with Gasteiger partial charge >= 0.3 is 0 Å². The minimum Gasteiger partial charge on any atom is -0.388 e. The zero-order chi connectivity index (χ0) is 25.2. The number of carbonyl (C=O) groups excluding carboxylic acids is 3. The highest BCUT2D eigenvalue weighted by atomic mass is 32.1. The van der Waals surface area contributed by atoms with Gasteiger partial charge in [-0.2, -0.15) is 13.5 Å². The van der Waals surface area contributed by atoms with Gasteiger partial charge in [0, 0.05) is 13.5 Å². The lowest BCUT2D eigenvalue weighted by molar-refractivity contribution is -0.144. The van der Waals surface area contributed by atoms with Crippen LogP contribution in [0.1, 0.15) is 39.0 Å². The number of hydrogen-bond donors (Lipinski definition) is 3. The van der Waals surface area contributed by atoms with Gasteiger partial charge in [-0.25, -0.2) is 9.37 Å². The van der Waals surface area contributed by atoms with Gasteiger partial charge in [0.25, 0.3) is 0 Å². The smallest absolute Gasteiger partial charge is 0.246 e. The molecule has 4 atom stereocenters. The lowest BCUT2D eigenvalue weighted by Gasteiger charge is -2.35. The number of carbonyl (C=O) groups is 3. The van der Waals surface area contributed by atoms with E-state index in [1.165, 1.54) is 6.92 Å². The van der Waals surface area contributed by atoms with Gasteiger partial charge in [-0.1, -0.05) is 45.0 Å². The molecule has 8 nitrogen and oxygen atoms in total. The number of alkyl halides is 1. The number of β-amino-alcohol motifs (C(OH)–C–C–N with tert-alkyl or cyclic N) is 1. The summed E-state index contributed by atoms with van der Waals surface area (Å²) in [5.41, 5.74) is 3.86. The average Bonchev–Trinajstić information content (AvgIpc) is 3.32. The molecule has 0 aliphatic carbocycles. The third-order valence-corrected chi connectivity index (χ3v) is 6.81. The molecule has 0 spiro atoms. The summed E-state index contributed by atoms with van der Waals surface area (Å²) in [6.45, 7) is 8.32. The van der Waals surface area contributed by atoms with Gasteiger partial charge in [0.05, 0.1) is 22.6 Å². The van der Waals surface area contributed by atoms with Crippen molar-refractivity contribution < 1.29 is 23.9 Å². The number of nitrogens with one attached hydrogen (secondary N) is 2. The molecular weight excluding hydrogens is 491 g/mol. The van der Waals surface area contributed by atoms with Gasteiger partial charge in [0.1, 0.15) is 18.2 Å². The van der Waals surface area contributed by atoms with Crippen molar-refractivity contribution in [2.24, 2.45) is 5.41 Å². The SMILES string of the molecule is CC(=O)N[C@H](C(=O)N1C[C@H](O)[C@@H](F)[C@H]1C(=O)NCc1ccc(-c2scnc2C)cc1)C(C)(C)C.S. The van der Waals surface area contributed by atoms with Crippen molar-refractivity contribution in [3.8, 4) is 10.4 Å². The van der Waals surface area contributed by atoms with E-state index in [9.17, 15) is 23.9 Å². The molecule has 3 N–H and O–H groups in total. The van der Waals surface area contributed by atoms with E-state index in [1.54, 1.807) is 37.6 Å².